The Morgan fingerprint density at radius 3 is 2.62 bits per heavy atom. The topological polar surface area (TPSA) is 54.9 Å². The largest absolute Gasteiger partial charge is 0.296 e. The molecule has 0 radical (unpaired) electrons. The van der Waals surface area contributed by atoms with Crippen molar-refractivity contribution >= 4 is 34.0 Å². The van der Waals surface area contributed by atoms with Crippen molar-refractivity contribution in [2.75, 3.05) is 5.32 Å². The molecule has 1 aromatic carbocycles. The van der Waals surface area contributed by atoms with Gasteiger partial charge in [0.1, 0.15) is 5.69 Å². The fourth-order valence-corrected chi connectivity index (χ4v) is 3.49. The summed E-state index contributed by atoms with van der Waals surface area (Å²) in [5, 5.41) is 4.04. The van der Waals surface area contributed by atoms with E-state index >= 15 is 0 Å². The molecule has 0 aliphatic heterocycles. The molecule has 0 aliphatic carbocycles. The molecule has 0 unspecified atom stereocenters. The highest BCUT2D eigenvalue weighted by molar-refractivity contribution is 7.16. The Hall–Kier alpha value is -2.24. The summed E-state index contributed by atoms with van der Waals surface area (Å²) in [6.45, 7) is 5.78. The van der Waals surface area contributed by atoms with Crippen molar-refractivity contribution in [1.29, 1.82) is 0 Å². The molecule has 3 aromatic rings. The molecule has 0 aliphatic rings. The van der Waals surface area contributed by atoms with Gasteiger partial charge in [0, 0.05) is 21.2 Å². The molecule has 3 rings (SSSR count). The van der Waals surface area contributed by atoms with Crippen molar-refractivity contribution in [1.82, 2.24) is 9.97 Å². The average molecular weight is 358 g/mol. The quantitative estimate of drug-likeness (QED) is 0.714. The minimum absolute atomic E-state index is 0.256. The van der Waals surface area contributed by atoms with Crippen LogP contribution >= 0.6 is 22.9 Å². The van der Waals surface area contributed by atoms with Gasteiger partial charge in [-0.3, -0.25) is 10.1 Å². The van der Waals surface area contributed by atoms with Gasteiger partial charge in [-0.2, -0.15) is 0 Å². The molecule has 0 atom stereocenters. The number of nitrogens with one attached hydrogen (secondary N) is 1. The van der Waals surface area contributed by atoms with Crippen LogP contribution < -0.4 is 5.32 Å². The third-order valence-corrected chi connectivity index (χ3v) is 4.57. The van der Waals surface area contributed by atoms with Crippen molar-refractivity contribution in [3.05, 3.63) is 63.2 Å². The highest BCUT2D eigenvalue weighted by Crippen LogP contribution is 2.31. The molecule has 0 spiro atoms. The SMILES string of the molecule is Cc1cc(C)nc(C(=O)Nc2nc(-c3cccc(Cl)c3)c(C)s2)c1. The predicted octanol–water partition coefficient (Wildman–Crippen LogP) is 5.04. The first-order valence-electron chi connectivity index (χ1n) is 7.42. The second-order valence-electron chi connectivity index (χ2n) is 5.56. The first-order chi connectivity index (χ1) is 11.4. The van der Waals surface area contributed by atoms with Gasteiger partial charge < -0.3 is 0 Å². The van der Waals surface area contributed by atoms with Gasteiger partial charge in [-0.25, -0.2) is 9.97 Å². The van der Waals surface area contributed by atoms with E-state index in [2.05, 4.69) is 15.3 Å². The zero-order valence-electron chi connectivity index (χ0n) is 13.6. The number of thiazole rings is 1. The summed E-state index contributed by atoms with van der Waals surface area (Å²) in [6.07, 6.45) is 0. The van der Waals surface area contributed by atoms with Crippen molar-refractivity contribution in [2.24, 2.45) is 0 Å². The van der Waals surface area contributed by atoms with Gasteiger partial charge in [0.2, 0.25) is 0 Å². The Morgan fingerprint density at radius 2 is 1.92 bits per heavy atom. The minimum Gasteiger partial charge on any atom is -0.296 e. The molecule has 0 saturated carbocycles. The number of pyridine rings is 1. The second kappa shape index (κ2) is 6.71. The smallest absolute Gasteiger partial charge is 0.276 e. The molecular formula is C18H16ClN3OS. The summed E-state index contributed by atoms with van der Waals surface area (Å²) in [4.78, 5) is 22.2. The number of carbonyl (C=O) groups is 1. The van der Waals surface area contributed by atoms with Gasteiger partial charge in [0.15, 0.2) is 5.13 Å². The Bertz CT molecular complexity index is 900. The molecule has 122 valence electrons. The molecule has 6 heteroatoms. The second-order valence-corrected chi connectivity index (χ2v) is 7.20. The molecular weight excluding hydrogens is 342 g/mol. The zero-order chi connectivity index (χ0) is 17.3. The highest BCUT2D eigenvalue weighted by atomic mass is 35.5. The molecule has 0 bridgehead atoms. The van der Waals surface area contributed by atoms with E-state index in [4.69, 9.17) is 11.6 Å². The molecule has 2 heterocycles. The summed E-state index contributed by atoms with van der Waals surface area (Å²) in [5.74, 6) is -0.256. The van der Waals surface area contributed by atoms with Crippen LogP contribution in [-0.2, 0) is 0 Å². The number of rotatable bonds is 3. The fraction of sp³-hybridized carbons (Fsp3) is 0.167. The number of halogens is 1. The molecule has 4 nitrogen and oxygen atoms in total. The standard InChI is InChI=1S/C18H16ClN3OS/c1-10-7-11(2)20-15(8-10)17(23)22-18-21-16(12(3)24-18)13-5-4-6-14(19)9-13/h4-9H,1-3H3,(H,21,22,23). The van der Waals surface area contributed by atoms with Crippen LogP contribution in [0.4, 0.5) is 5.13 Å². The third-order valence-electron chi connectivity index (χ3n) is 3.45. The van der Waals surface area contributed by atoms with E-state index in [1.165, 1.54) is 11.3 Å². The first kappa shape index (κ1) is 16.6. The summed E-state index contributed by atoms with van der Waals surface area (Å²) in [7, 11) is 0. The Kier molecular flexibility index (Phi) is 4.64. The maximum atomic E-state index is 12.4. The Balaban J connectivity index is 1.86. The minimum atomic E-state index is -0.256. The number of hydrogen-bond acceptors (Lipinski definition) is 4. The third kappa shape index (κ3) is 3.63. The van der Waals surface area contributed by atoms with Crippen LogP contribution in [-0.4, -0.2) is 15.9 Å². The predicted molar refractivity (Wildman–Crippen MR) is 99.0 cm³/mol. The Labute approximate surface area is 149 Å². The lowest BCUT2D eigenvalue weighted by Gasteiger charge is -2.03. The van der Waals surface area contributed by atoms with Gasteiger partial charge in [0.25, 0.3) is 5.91 Å². The summed E-state index contributed by atoms with van der Waals surface area (Å²) in [6, 6.07) is 11.2. The molecule has 0 saturated heterocycles. The molecule has 1 amide bonds. The number of carbonyl (C=O) groups excluding carboxylic acids is 1. The number of aromatic nitrogens is 2. The van der Waals surface area contributed by atoms with Crippen LogP contribution in [0.25, 0.3) is 11.3 Å². The van der Waals surface area contributed by atoms with Gasteiger partial charge in [-0.1, -0.05) is 23.7 Å². The number of hydrogen-bond donors (Lipinski definition) is 1. The van der Waals surface area contributed by atoms with Crippen molar-refractivity contribution in [2.45, 2.75) is 20.8 Å². The van der Waals surface area contributed by atoms with Crippen LogP contribution in [0.2, 0.25) is 5.02 Å². The van der Waals surface area contributed by atoms with E-state index in [9.17, 15) is 4.79 Å². The summed E-state index contributed by atoms with van der Waals surface area (Å²) < 4.78 is 0. The number of amides is 1. The number of benzene rings is 1. The van der Waals surface area contributed by atoms with Crippen LogP contribution in [0, 0.1) is 20.8 Å². The average Bonchev–Trinajstić information content (AvgIpc) is 2.87. The van der Waals surface area contributed by atoms with Crippen LogP contribution in [0.5, 0.6) is 0 Å². The summed E-state index contributed by atoms with van der Waals surface area (Å²) >= 11 is 7.48. The van der Waals surface area contributed by atoms with E-state index in [1.54, 1.807) is 6.07 Å². The van der Waals surface area contributed by atoms with Gasteiger partial charge in [0.05, 0.1) is 5.69 Å². The lowest BCUT2D eigenvalue weighted by atomic mass is 10.1. The molecule has 1 N–H and O–H groups in total. The number of anilines is 1. The van der Waals surface area contributed by atoms with Crippen LogP contribution in [0.3, 0.4) is 0 Å². The van der Waals surface area contributed by atoms with Gasteiger partial charge in [-0.05, 0) is 50.6 Å². The fourth-order valence-electron chi connectivity index (χ4n) is 2.47. The first-order valence-corrected chi connectivity index (χ1v) is 8.62. The van der Waals surface area contributed by atoms with Crippen molar-refractivity contribution in [3.8, 4) is 11.3 Å². The van der Waals surface area contributed by atoms with Gasteiger partial charge >= 0.3 is 0 Å². The van der Waals surface area contributed by atoms with Gasteiger partial charge in [-0.15, -0.1) is 11.3 Å². The van der Waals surface area contributed by atoms with Crippen LogP contribution in [0.15, 0.2) is 36.4 Å². The van der Waals surface area contributed by atoms with Crippen molar-refractivity contribution in [3.63, 3.8) is 0 Å². The van der Waals surface area contributed by atoms with E-state index in [0.29, 0.717) is 15.8 Å². The zero-order valence-corrected chi connectivity index (χ0v) is 15.1. The van der Waals surface area contributed by atoms with E-state index in [0.717, 1.165) is 27.4 Å². The molecule has 2 aromatic heterocycles. The molecule has 24 heavy (non-hydrogen) atoms. The van der Waals surface area contributed by atoms with E-state index < -0.39 is 0 Å². The van der Waals surface area contributed by atoms with Crippen molar-refractivity contribution < 1.29 is 4.79 Å². The maximum Gasteiger partial charge on any atom is 0.276 e. The van der Waals surface area contributed by atoms with E-state index in [1.807, 2.05) is 51.1 Å². The lowest BCUT2D eigenvalue weighted by molar-refractivity contribution is 0.102. The lowest BCUT2D eigenvalue weighted by Crippen LogP contribution is -2.14. The monoisotopic (exact) mass is 357 g/mol. The summed E-state index contributed by atoms with van der Waals surface area (Å²) in [5.41, 5.74) is 3.97. The number of nitrogens with zero attached hydrogens (tertiary/aromatic N) is 2. The number of aryl methyl sites for hydroxylation is 3. The highest BCUT2D eigenvalue weighted by Gasteiger charge is 2.14. The maximum absolute atomic E-state index is 12.4. The van der Waals surface area contributed by atoms with Crippen LogP contribution in [0.1, 0.15) is 26.6 Å². The van der Waals surface area contributed by atoms with E-state index in [-0.39, 0.29) is 5.91 Å². The normalized spacial score (nSPS) is 10.7. The Morgan fingerprint density at radius 1 is 1.12 bits per heavy atom. The molecule has 0 fully saturated rings.